The third-order valence-corrected chi connectivity index (χ3v) is 3.43. The first-order chi connectivity index (χ1) is 7.99. The predicted molar refractivity (Wildman–Crippen MR) is 71.5 cm³/mol. The summed E-state index contributed by atoms with van der Waals surface area (Å²) in [6.07, 6.45) is 2.79. The third kappa shape index (κ3) is 3.39. The fraction of sp³-hybridized carbons (Fsp3) is 0.600. The van der Waals surface area contributed by atoms with E-state index in [1.54, 1.807) is 0 Å². The molecule has 2 nitrogen and oxygen atoms in total. The van der Waals surface area contributed by atoms with E-state index in [9.17, 15) is 4.79 Å². The van der Waals surface area contributed by atoms with Gasteiger partial charge >= 0.3 is 0 Å². The Kier molecular flexibility index (Phi) is 4.86. The molecule has 0 spiro atoms. The van der Waals surface area contributed by atoms with E-state index in [2.05, 4.69) is 18.8 Å². The number of carbonyl (C=O) groups excluding carboxylic acids is 1. The molecule has 1 aromatic heterocycles. The molecule has 0 atom stereocenters. The average molecular weight is 233 g/mol. The maximum Gasteiger partial charge on any atom is 0.165 e. The van der Waals surface area contributed by atoms with Gasteiger partial charge in [0.2, 0.25) is 0 Å². The highest BCUT2D eigenvalue weighted by molar-refractivity contribution is 5.98. The number of hydrogen-bond donors (Lipinski definition) is 0. The summed E-state index contributed by atoms with van der Waals surface area (Å²) in [5.74, 6) is 0.754. The van der Waals surface area contributed by atoms with Crippen molar-refractivity contribution >= 4 is 5.78 Å². The Morgan fingerprint density at radius 3 is 2.29 bits per heavy atom. The number of hydrogen-bond acceptors (Lipinski definition) is 2. The van der Waals surface area contributed by atoms with Crippen LogP contribution in [0.25, 0.3) is 0 Å². The Hall–Kier alpha value is -1.18. The first kappa shape index (κ1) is 13.9. The molecule has 0 saturated carbocycles. The molecule has 1 heterocycles. The molecule has 1 rings (SSSR count). The summed E-state index contributed by atoms with van der Waals surface area (Å²) in [7, 11) is 0. The van der Waals surface area contributed by atoms with Crippen LogP contribution in [0, 0.1) is 26.7 Å². The summed E-state index contributed by atoms with van der Waals surface area (Å²) in [5.41, 5.74) is 3.76. The van der Waals surface area contributed by atoms with Gasteiger partial charge in [0.05, 0.1) is 0 Å². The van der Waals surface area contributed by atoms with Gasteiger partial charge in [0.1, 0.15) is 0 Å². The Labute approximate surface area is 104 Å². The Balaban J connectivity index is 2.96. The number of aromatic nitrogens is 1. The van der Waals surface area contributed by atoms with E-state index in [1.807, 2.05) is 26.8 Å². The molecule has 2 heteroatoms. The number of ketones is 1. The van der Waals surface area contributed by atoms with Crippen molar-refractivity contribution in [2.45, 2.75) is 53.9 Å². The van der Waals surface area contributed by atoms with Gasteiger partial charge in [-0.3, -0.25) is 9.78 Å². The molecule has 0 amide bonds. The molecular weight excluding hydrogens is 210 g/mol. The number of aryl methyl sites for hydroxylation is 3. The molecule has 0 fully saturated rings. The molecule has 0 aromatic carbocycles. The summed E-state index contributed by atoms with van der Waals surface area (Å²) in [6.45, 7) is 10.2. The van der Waals surface area contributed by atoms with Crippen molar-refractivity contribution in [1.82, 2.24) is 4.98 Å². The maximum absolute atomic E-state index is 12.3. The summed E-state index contributed by atoms with van der Waals surface area (Å²) >= 11 is 0. The molecule has 1 aromatic rings. The van der Waals surface area contributed by atoms with Crippen LogP contribution in [-0.4, -0.2) is 10.8 Å². The average Bonchev–Trinajstić information content (AvgIpc) is 2.24. The summed E-state index contributed by atoms with van der Waals surface area (Å²) < 4.78 is 0. The topological polar surface area (TPSA) is 30.0 Å². The number of pyridine rings is 1. The SMILES string of the molecule is CCC(CC)CC(=O)c1c(C)cc(C)nc1C. The van der Waals surface area contributed by atoms with Crippen LogP contribution in [0.3, 0.4) is 0 Å². The lowest BCUT2D eigenvalue weighted by atomic mass is 9.91. The van der Waals surface area contributed by atoms with E-state index in [1.165, 1.54) is 0 Å². The molecule has 0 bridgehead atoms. The Bertz CT molecular complexity index is 382. The van der Waals surface area contributed by atoms with Crippen LogP contribution in [0.5, 0.6) is 0 Å². The standard InChI is InChI=1S/C15H23NO/c1-6-13(7-2)9-14(17)15-10(3)8-11(4)16-12(15)5/h8,13H,6-7,9H2,1-5H3. The van der Waals surface area contributed by atoms with E-state index in [4.69, 9.17) is 0 Å². The van der Waals surface area contributed by atoms with Crippen LogP contribution in [0.15, 0.2) is 6.07 Å². The highest BCUT2D eigenvalue weighted by Gasteiger charge is 2.17. The summed E-state index contributed by atoms with van der Waals surface area (Å²) in [4.78, 5) is 16.7. The minimum atomic E-state index is 0.251. The largest absolute Gasteiger partial charge is 0.294 e. The van der Waals surface area contributed by atoms with Gasteiger partial charge in [-0.2, -0.15) is 0 Å². The van der Waals surface area contributed by atoms with Gasteiger partial charge in [-0.1, -0.05) is 26.7 Å². The number of rotatable bonds is 5. The van der Waals surface area contributed by atoms with Crippen LogP contribution in [0.4, 0.5) is 0 Å². The Morgan fingerprint density at radius 1 is 1.24 bits per heavy atom. The van der Waals surface area contributed by atoms with Crippen molar-refractivity contribution in [3.05, 3.63) is 28.6 Å². The van der Waals surface area contributed by atoms with Crippen LogP contribution >= 0.6 is 0 Å². The van der Waals surface area contributed by atoms with Crippen LogP contribution in [0.1, 0.15) is 60.4 Å². The third-order valence-electron chi connectivity index (χ3n) is 3.43. The highest BCUT2D eigenvalue weighted by Crippen LogP contribution is 2.20. The van der Waals surface area contributed by atoms with Crippen LogP contribution < -0.4 is 0 Å². The number of nitrogens with zero attached hydrogens (tertiary/aromatic N) is 1. The monoisotopic (exact) mass is 233 g/mol. The van der Waals surface area contributed by atoms with E-state index in [0.717, 1.165) is 35.4 Å². The van der Waals surface area contributed by atoms with Gasteiger partial charge in [0.25, 0.3) is 0 Å². The molecule has 0 unspecified atom stereocenters. The molecule has 0 N–H and O–H groups in total. The van der Waals surface area contributed by atoms with E-state index in [0.29, 0.717) is 12.3 Å². The molecular formula is C15H23NO. The van der Waals surface area contributed by atoms with Gasteiger partial charge in [-0.15, -0.1) is 0 Å². The summed E-state index contributed by atoms with van der Waals surface area (Å²) in [6, 6.07) is 1.99. The Morgan fingerprint density at radius 2 is 1.82 bits per heavy atom. The van der Waals surface area contributed by atoms with Gasteiger partial charge in [-0.25, -0.2) is 0 Å². The minimum Gasteiger partial charge on any atom is -0.294 e. The fourth-order valence-corrected chi connectivity index (χ4v) is 2.39. The molecule has 0 aliphatic rings. The van der Waals surface area contributed by atoms with E-state index < -0.39 is 0 Å². The van der Waals surface area contributed by atoms with E-state index in [-0.39, 0.29) is 5.78 Å². The molecule has 0 saturated heterocycles. The van der Waals surface area contributed by atoms with Crippen LogP contribution in [-0.2, 0) is 0 Å². The van der Waals surface area contributed by atoms with Crippen molar-refractivity contribution in [3.63, 3.8) is 0 Å². The smallest absolute Gasteiger partial charge is 0.165 e. The molecule has 94 valence electrons. The predicted octanol–water partition coefficient (Wildman–Crippen LogP) is 4.02. The van der Waals surface area contributed by atoms with E-state index >= 15 is 0 Å². The fourth-order valence-electron chi connectivity index (χ4n) is 2.39. The molecule has 17 heavy (non-hydrogen) atoms. The minimum absolute atomic E-state index is 0.251. The lowest BCUT2D eigenvalue weighted by molar-refractivity contribution is 0.0957. The summed E-state index contributed by atoms with van der Waals surface area (Å²) in [5, 5.41) is 0. The van der Waals surface area contributed by atoms with Crippen LogP contribution in [0.2, 0.25) is 0 Å². The second kappa shape index (κ2) is 5.95. The zero-order chi connectivity index (χ0) is 13.0. The van der Waals surface area contributed by atoms with Gasteiger partial charge < -0.3 is 0 Å². The van der Waals surface area contributed by atoms with Crippen molar-refractivity contribution < 1.29 is 4.79 Å². The van der Waals surface area contributed by atoms with Crippen molar-refractivity contribution in [3.8, 4) is 0 Å². The van der Waals surface area contributed by atoms with Gasteiger partial charge in [-0.05, 0) is 38.3 Å². The molecule has 0 radical (unpaired) electrons. The normalized spacial score (nSPS) is 10.9. The zero-order valence-electron chi connectivity index (χ0n) is 11.6. The molecule has 0 aliphatic carbocycles. The quantitative estimate of drug-likeness (QED) is 0.719. The first-order valence-corrected chi connectivity index (χ1v) is 6.47. The van der Waals surface area contributed by atoms with Gasteiger partial charge in [0.15, 0.2) is 5.78 Å². The second-order valence-electron chi connectivity index (χ2n) is 4.85. The van der Waals surface area contributed by atoms with Crippen molar-refractivity contribution in [1.29, 1.82) is 0 Å². The number of Topliss-reactive ketones (excluding diaryl/α,β-unsaturated/α-hetero) is 1. The maximum atomic E-state index is 12.3. The lowest BCUT2D eigenvalue weighted by Crippen LogP contribution is -2.12. The molecule has 0 aliphatic heterocycles. The van der Waals surface area contributed by atoms with Crippen molar-refractivity contribution in [2.24, 2.45) is 5.92 Å². The zero-order valence-corrected chi connectivity index (χ0v) is 11.6. The van der Waals surface area contributed by atoms with Crippen molar-refractivity contribution in [2.75, 3.05) is 0 Å². The lowest BCUT2D eigenvalue weighted by Gasteiger charge is -2.14. The van der Waals surface area contributed by atoms with Gasteiger partial charge in [0, 0.05) is 23.4 Å². The second-order valence-corrected chi connectivity index (χ2v) is 4.85. The first-order valence-electron chi connectivity index (χ1n) is 6.47. The highest BCUT2D eigenvalue weighted by atomic mass is 16.1. The number of carbonyl (C=O) groups is 1.